The van der Waals surface area contributed by atoms with Gasteiger partial charge in [-0.2, -0.15) is 0 Å². The van der Waals surface area contributed by atoms with Crippen molar-refractivity contribution in [2.75, 3.05) is 18.5 Å². The molecule has 0 aliphatic rings. The third-order valence-electron chi connectivity index (χ3n) is 3.66. The summed E-state index contributed by atoms with van der Waals surface area (Å²) in [5, 5.41) is 12.9. The SMILES string of the molecule is Cc1ccc(OCCCNc2c(Cl)cc(Cl)cc2C(=O)O)cc1C. The van der Waals surface area contributed by atoms with Gasteiger partial charge in [0.15, 0.2) is 0 Å². The summed E-state index contributed by atoms with van der Waals surface area (Å²) in [5.74, 6) is -0.248. The summed E-state index contributed by atoms with van der Waals surface area (Å²) in [7, 11) is 0. The van der Waals surface area contributed by atoms with Crippen LogP contribution in [0.2, 0.25) is 10.0 Å². The van der Waals surface area contributed by atoms with Gasteiger partial charge in [0, 0.05) is 11.6 Å². The maximum absolute atomic E-state index is 11.3. The molecule has 0 spiro atoms. The smallest absolute Gasteiger partial charge is 0.337 e. The first-order chi connectivity index (χ1) is 11.4. The molecule has 128 valence electrons. The van der Waals surface area contributed by atoms with Crippen LogP contribution in [0.5, 0.6) is 5.75 Å². The van der Waals surface area contributed by atoms with Gasteiger partial charge in [-0.15, -0.1) is 0 Å². The molecule has 6 heteroatoms. The van der Waals surface area contributed by atoms with E-state index in [1.807, 2.05) is 25.1 Å². The van der Waals surface area contributed by atoms with Crippen LogP contribution in [0.4, 0.5) is 5.69 Å². The van der Waals surface area contributed by atoms with Crippen LogP contribution in [-0.4, -0.2) is 24.2 Å². The minimum absolute atomic E-state index is 0.0579. The molecule has 0 fully saturated rings. The summed E-state index contributed by atoms with van der Waals surface area (Å²) in [5.41, 5.74) is 2.84. The van der Waals surface area contributed by atoms with Crippen LogP contribution < -0.4 is 10.1 Å². The van der Waals surface area contributed by atoms with E-state index in [-0.39, 0.29) is 10.6 Å². The van der Waals surface area contributed by atoms with Gasteiger partial charge in [0.1, 0.15) is 5.75 Å². The first-order valence-electron chi connectivity index (χ1n) is 7.54. The van der Waals surface area contributed by atoms with Crippen LogP contribution in [-0.2, 0) is 0 Å². The Hall–Kier alpha value is -1.91. The number of rotatable bonds is 7. The molecule has 0 atom stereocenters. The Kier molecular flexibility index (Phi) is 6.35. The second kappa shape index (κ2) is 8.27. The van der Waals surface area contributed by atoms with Crippen LogP contribution in [0.25, 0.3) is 0 Å². The Morgan fingerprint density at radius 2 is 1.92 bits per heavy atom. The molecule has 2 rings (SSSR count). The zero-order chi connectivity index (χ0) is 17.7. The van der Waals surface area contributed by atoms with Gasteiger partial charge in [-0.1, -0.05) is 29.3 Å². The molecule has 2 aromatic carbocycles. The molecule has 0 amide bonds. The summed E-state index contributed by atoms with van der Waals surface area (Å²) in [6, 6.07) is 8.86. The number of carboxylic acid groups (broad SMARTS) is 1. The number of aryl methyl sites for hydroxylation is 2. The van der Waals surface area contributed by atoms with Gasteiger partial charge in [0.05, 0.1) is 22.9 Å². The van der Waals surface area contributed by atoms with E-state index in [0.29, 0.717) is 30.3 Å². The standard InChI is InChI=1S/C18H19Cl2NO3/c1-11-4-5-14(8-12(11)2)24-7-3-6-21-17-15(18(22)23)9-13(19)10-16(17)20/h4-5,8-10,21H,3,6-7H2,1-2H3,(H,22,23). The van der Waals surface area contributed by atoms with Gasteiger partial charge in [0.25, 0.3) is 0 Å². The van der Waals surface area contributed by atoms with Crippen molar-refractivity contribution >= 4 is 34.9 Å². The number of carboxylic acids is 1. The number of halogens is 2. The second-order valence-corrected chi connectivity index (χ2v) is 6.33. The minimum Gasteiger partial charge on any atom is -0.494 e. The van der Waals surface area contributed by atoms with E-state index in [1.54, 1.807) is 0 Å². The normalized spacial score (nSPS) is 10.5. The molecular formula is C18H19Cl2NO3. The second-order valence-electron chi connectivity index (χ2n) is 5.49. The third kappa shape index (κ3) is 4.79. The molecule has 0 aromatic heterocycles. The van der Waals surface area contributed by atoms with Crippen molar-refractivity contribution in [3.8, 4) is 5.75 Å². The van der Waals surface area contributed by atoms with Crippen molar-refractivity contribution in [3.63, 3.8) is 0 Å². The quantitative estimate of drug-likeness (QED) is 0.661. The Morgan fingerprint density at radius 3 is 2.58 bits per heavy atom. The lowest BCUT2D eigenvalue weighted by Gasteiger charge is -2.13. The molecule has 0 radical (unpaired) electrons. The predicted octanol–water partition coefficient (Wildman–Crippen LogP) is 5.19. The number of nitrogens with one attached hydrogen (secondary N) is 1. The highest BCUT2D eigenvalue weighted by atomic mass is 35.5. The van der Waals surface area contributed by atoms with E-state index in [0.717, 1.165) is 5.75 Å². The third-order valence-corrected chi connectivity index (χ3v) is 4.17. The molecular weight excluding hydrogens is 349 g/mol. The maximum Gasteiger partial charge on any atom is 0.337 e. The van der Waals surface area contributed by atoms with E-state index < -0.39 is 5.97 Å². The molecule has 0 heterocycles. The fraction of sp³-hybridized carbons (Fsp3) is 0.278. The zero-order valence-electron chi connectivity index (χ0n) is 13.5. The first kappa shape index (κ1) is 18.4. The average Bonchev–Trinajstić information content (AvgIpc) is 2.51. The lowest BCUT2D eigenvalue weighted by Crippen LogP contribution is -2.11. The predicted molar refractivity (Wildman–Crippen MR) is 97.9 cm³/mol. The van der Waals surface area contributed by atoms with Crippen LogP contribution in [0.3, 0.4) is 0 Å². The number of aromatic carboxylic acids is 1. The van der Waals surface area contributed by atoms with E-state index in [2.05, 4.69) is 12.2 Å². The van der Waals surface area contributed by atoms with Crippen molar-refractivity contribution in [1.82, 2.24) is 0 Å². The van der Waals surface area contributed by atoms with E-state index in [4.69, 9.17) is 27.9 Å². The van der Waals surface area contributed by atoms with Gasteiger partial charge in [-0.25, -0.2) is 4.79 Å². The van der Waals surface area contributed by atoms with Crippen molar-refractivity contribution < 1.29 is 14.6 Å². The molecule has 2 N–H and O–H groups in total. The summed E-state index contributed by atoms with van der Waals surface area (Å²) in [6.07, 6.45) is 0.699. The lowest BCUT2D eigenvalue weighted by atomic mass is 10.1. The molecule has 0 aliphatic heterocycles. The number of anilines is 1. The first-order valence-corrected chi connectivity index (χ1v) is 8.30. The molecule has 0 bridgehead atoms. The lowest BCUT2D eigenvalue weighted by molar-refractivity contribution is 0.0698. The van der Waals surface area contributed by atoms with Crippen LogP contribution in [0, 0.1) is 13.8 Å². The number of benzene rings is 2. The maximum atomic E-state index is 11.3. The molecule has 0 aliphatic carbocycles. The summed E-state index contributed by atoms with van der Waals surface area (Å²) < 4.78 is 5.70. The van der Waals surface area contributed by atoms with Crippen LogP contribution >= 0.6 is 23.2 Å². The van der Waals surface area contributed by atoms with Gasteiger partial charge in [-0.05, 0) is 55.7 Å². The van der Waals surface area contributed by atoms with Crippen molar-refractivity contribution in [1.29, 1.82) is 0 Å². The van der Waals surface area contributed by atoms with Crippen molar-refractivity contribution in [3.05, 3.63) is 57.1 Å². The Bertz CT molecular complexity index is 747. The topological polar surface area (TPSA) is 58.6 Å². The molecule has 0 saturated carbocycles. The number of hydrogen-bond donors (Lipinski definition) is 2. The summed E-state index contributed by atoms with van der Waals surface area (Å²) in [4.78, 5) is 11.3. The number of hydrogen-bond acceptors (Lipinski definition) is 3. The van der Waals surface area contributed by atoms with Crippen molar-refractivity contribution in [2.24, 2.45) is 0 Å². The summed E-state index contributed by atoms with van der Waals surface area (Å²) in [6.45, 7) is 5.15. The molecule has 0 unspecified atom stereocenters. The highest BCUT2D eigenvalue weighted by Crippen LogP contribution is 2.30. The fourth-order valence-corrected chi connectivity index (χ4v) is 2.76. The molecule has 2 aromatic rings. The highest BCUT2D eigenvalue weighted by Gasteiger charge is 2.14. The van der Waals surface area contributed by atoms with Crippen LogP contribution in [0.15, 0.2) is 30.3 Å². The highest BCUT2D eigenvalue weighted by molar-refractivity contribution is 6.37. The minimum atomic E-state index is -1.08. The number of carbonyl (C=O) groups is 1. The Labute approximate surface area is 151 Å². The van der Waals surface area contributed by atoms with E-state index in [1.165, 1.54) is 23.3 Å². The zero-order valence-corrected chi connectivity index (χ0v) is 15.0. The Balaban J connectivity index is 1.88. The van der Waals surface area contributed by atoms with Crippen LogP contribution in [0.1, 0.15) is 27.9 Å². The number of ether oxygens (including phenoxy) is 1. The summed E-state index contributed by atoms with van der Waals surface area (Å²) >= 11 is 11.9. The molecule has 0 saturated heterocycles. The molecule has 4 nitrogen and oxygen atoms in total. The monoisotopic (exact) mass is 367 g/mol. The average molecular weight is 368 g/mol. The van der Waals surface area contributed by atoms with E-state index in [9.17, 15) is 9.90 Å². The van der Waals surface area contributed by atoms with Crippen molar-refractivity contribution in [2.45, 2.75) is 20.3 Å². The van der Waals surface area contributed by atoms with E-state index >= 15 is 0 Å². The Morgan fingerprint density at radius 1 is 1.17 bits per heavy atom. The fourth-order valence-electron chi connectivity index (χ4n) is 2.20. The van der Waals surface area contributed by atoms with Gasteiger partial charge in [0.2, 0.25) is 0 Å². The largest absolute Gasteiger partial charge is 0.494 e. The molecule has 24 heavy (non-hydrogen) atoms. The van der Waals surface area contributed by atoms with Gasteiger partial charge >= 0.3 is 5.97 Å². The van der Waals surface area contributed by atoms with Gasteiger partial charge < -0.3 is 15.2 Å². The van der Waals surface area contributed by atoms with Gasteiger partial charge in [-0.3, -0.25) is 0 Å².